The number of hydrogen-bond acceptors (Lipinski definition) is 6. The van der Waals surface area contributed by atoms with Gasteiger partial charge < -0.3 is 10.1 Å². The topological polar surface area (TPSA) is 93.2 Å². The molecule has 0 aliphatic heterocycles. The second-order valence-electron chi connectivity index (χ2n) is 6.38. The van der Waals surface area contributed by atoms with Crippen molar-refractivity contribution in [2.45, 2.75) is 26.3 Å². The standard InChI is InChI=1S/C21H22N4O3S/c1-4-14-5-7-15(8-6-14)19(27)22-13(2)18(26)23-21-25-24-20(29-21)16-9-11-17(28-3)12-10-16/h5-13H,4H2,1-3H3,(H,22,27)(H,23,25,26)/t13-/m1/s1. The predicted octanol–water partition coefficient (Wildman–Crippen LogP) is 3.53. The van der Waals surface area contributed by atoms with Crippen LogP contribution in [0.5, 0.6) is 5.75 Å². The van der Waals surface area contributed by atoms with E-state index in [1.54, 1.807) is 26.2 Å². The Hall–Kier alpha value is -3.26. The number of carbonyl (C=O) groups is 2. The molecule has 7 nitrogen and oxygen atoms in total. The largest absolute Gasteiger partial charge is 0.497 e. The van der Waals surface area contributed by atoms with Crippen molar-refractivity contribution in [1.82, 2.24) is 15.5 Å². The Kier molecular flexibility index (Phi) is 6.56. The fourth-order valence-corrected chi connectivity index (χ4v) is 3.33. The number of amides is 2. The molecular weight excluding hydrogens is 388 g/mol. The summed E-state index contributed by atoms with van der Waals surface area (Å²) in [6.07, 6.45) is 0.904. The van der Waals surface area contributed by atoms with Gasteiger partial charge in [-0.05, 0) is 55.3 Å². The molecule has 1 aromatic heterocycles. The molecule has 1 heterocycles. The first kappa shape index (κ1) is 20.5. The molecule has 0 fully saturated rings. The molecule has 150 valence electrons. The Morgan fingerprint density at radius 1 is 1.07 bits per heavy atom. The van der Waals surface area contributed by atoms with Crippen molar-refractivity contribution in [2.75, 3.05) is 12.4 Å². The lowest BCUT2D eigenvalue weighted by Crippen LogP contribution is -2.41. The number of ether oxygens (including phenoxy) is 1. The average Bonchev–Trinajstić information content (AvgIpc) is 3.22. The fourth-order valence-electron chi connectivity index (χ4n) is 2.57. The van der Waals surface area contributed by atoms with E-state index in [0.717, 1.165) is 23.3 Å². The molecule has 2 N–H and O–H groups in total. The van der Waals surface area contributed by atoms with Crippen LogP contribution in [0, 0.1) is 0 Å². The normalized spacial score (nSPS) is 11.6. The highest BCUT2D eigenvalue weighted by molar-refractivity contribution is 7.18. The second-order valence-corrected chi connectivity index (χ2v) is 7.35. The van der Waals surface area contributed by atoms with E-state index >= 15 is 0 Å². The molecule has 8 heteroatoms. The van der Waals surface area contributed by atoms with E-state index in [1.165, 1.54) is 11.3 Å². The molecule has 2 aromatic carbocycles. The predicted molar refractivity (Wildman–Crippen MR) is 113 cm³/mol. The van der Waals surface area contributed by atoms with Crippen LogP contribution in [0.3, 0.4) is 0 Å². The maximum absolute atomic E-state index is 12.4. The SMILES string of the molecule is CCc1ccc(C(=O)N[C@H](C)C(=O)Nc2nnc(-c3ccc(OC)cc3)s2)cc1. The van der Waals surface area contributed by atoms with Gasteiger partial charge in [0, 0.05) is 11.1 Å². The molecule has 3 aromatic rings. The van der Waals surface area contributed by atoms with Gasteiger partial charge in [0.05, 0.1) is 7.11 Å². The van der Waals surface area contributed by atoms with Crippen LogP contribution in [0.25, 0.3) is 10.6 Å². The Bertz CT molecular complexity index is 984. The van der Waals surface area contributed by atoms with Crippen LogP contribution in [0.2, 0.25) is 0 Å². The number of hydrogen-bond donors (Lipinski definition) is 2. The van der Waals surface area contributed by atoms with Crippen molar-refractivity contribution < 1.29 is 14.3 Å². The molecule has 0 saturated heterocycles. The van der Waals surface area contributed by atoms with Gasteiger partial charge in [-0.15, -0.1) is 10.2 Å². The highest BCUT2D eigenvalue weighted by atomic mass is 32.1. The van der Waals surface area contributed by atoms with E-state index in [2.05, 4.69) is 27.8 Å². The lowest BCUT2D eigenvalue weighted by Gasteiger charge is -2.13. The number of benzene rings is 2. The third kappa shape index (κ3) is 5.17. The minimum absolute atomic E-state index is 0.300. The van der Waals surface area contributed by atoms with Crippen molar-refractivity contribution in [3.8, 4) is 16.3 Å². The number of rotatable bonds is 7. The van der Waals surface area contributed by atoms with E-state index in [4.69, 9.17) is 4.74 Å². The van der Waals surface area contributed by atoms with E-state index in [9.17, 15) is 9.59 Å². The highest BCUT2D eigenvalue weighted by Gasteiger charge is 2.18. The second kappa shape index (κ2) is 9.29. The van der Waals surface area contributed by atoms with E-state index in [0.29, 0.717) is 15.7 Å². The summed E-state index contributed by atoms with van der Waals surface area (Å²) < 4.78 is 5.14. The van der Waals surface area contributed by atoms with Gasteiger partial charge in [-0.2, -0.15) is 0 Å². The summed E-state index contributed by atoms with van der Waals surface area (Å²) in [7, 11) is 1.60. The van der Waals surface area contributed by atoms with Gasteiger partial charge in [0.15, 0.2) is 0 Å². The van der Waals surface area contributed by atoms with Crippen molar-refractivity contribution >= 4 is 28.3 Å². The van der Waals surface area contributed by atoms with E-state index in [-0.39, 0.29) is 11.8 Å². The molecule has 0 aliphatic rings. The van der Waals surface area contributed by atoms with Crippen LogP contribution in [0.4, 0.5) is 5.13 Å². The van der Waals surface area contributed by atoms with Crippen molar-refractivity contribution in [1.29, 1.82) is 0 Å². The number of nitrogens with one attached hydrogen (secondary N) is 2. The number of anilines is 1. The van der Waals surface area contributed by atoms with Crippen LogP contribution in [-0.4, -0.2) is 35.2 Å². The summed E-state index contributed by atoms with van der Waals surface area (Å²) in [6.45, 7) is 3.67. The molecule has 0 bridgehead atoms. The minimum Gasteiger partial charge on any atom is -0.497 e. The third-order valence-electron chi connectivity index (χ3n) is 4.36. The quantitative estimate of drug-likeness (QED) is 0.621. The molecule has 0 saturated carbocycles. The molecular formula is C21H22N4O3S. The number of methoxy groups -OCH3 is 1. The van der Waals surface area contributed by atoms with E-state index in [1.807, 2.05) is 36.4 Å². The summed E-state index contributed by atoms with van der Waals surface area (Å²) in [5.74, 6) is 0.0909. The van der Waals surface area contributed by atoms with Gasteiger partial charge in [-0.1, -0.05) is 30.4 Å². The maximum atomic E-state index is 12.4. The fraction of sp³-hybridized carbons (Fsp3) is 0.238. The number of aryl methyl sites for hydroxylation is 1. The lowest BCUT2D eigenvalue weighted by molar-refractivity contribution is -0.117. The van der Waals surface area contributed by atoms with Crippen LogP contribution >= 0.6 is 11.3 Å². The number of nitrogens with zero attached hydrogens (tertiary/aromatic N) is 2. The van der Waals surface area contributed by atoms with Crippen LogP contribution < -0.4 is 15.4 Å². The highest BCUT2D eigenvalue weighted by Crippen LogP contribution is 2.27. The zero-order valence-corrected chi connectivity index (χ0v) is 17.2. The molecule has 29 heavy (non-hydrogen) atoms. The summed E-state index contributed by atoms with van der Waals surface area (Å²) in [5, 5.41) is 14.5. The number of carbonyl (C=O) groups excluding carboxylic acids is 2. The smallest absolute Gasteiger partial charge is 0.251 e. The number of aromatic nitrogens is 2. The van der Waals surface area contributed by atoms with E-state index < -0.39 is 6.04 Å². The maximum Gasteiger partial charge on any atom is 0.251 e. The lowest BCUT2D eigenvalue weighted by atomic mass is 10.1. The van der Waals surface area contributed by atoms with Crippen molar-refractivity contribution in [3.05, 3.63) is 59.7 Å². The average molecular weight is 410 g/mol. The van der Waals surface area contributed by atoms with Gasteiger partial charge >= 0.3 is 0 Å². The van der Waals surface area contributed by atoms with Crippen molar-refractivity contribution in [3.63, 3.8) is 0 Å². The molecule has 2 amide bonds. The van der Waals surface area contributed by atoms with Gasteiger partial charge in [0.1, 0.15) is 16.8 Å². The molecule has 0 unspecified atom stereocenters. The summed E-state index contributed by atoms with van der Waals surface area (Å²) in [4.78, 5) is 24.7. The van der Waals surface area contributed by atoms with Gasteiger partial charge in [0.25, 0.3) is 5.91 Å². The first-order chi connectivity index (χ1) is 14.0. The monoisotopic (exact) mass is 410 g/mol. The zero-order valence-electron chi connectivity index (χ0n) is 16.4. The third-order valence-corrected chi connectivity index (χ3v) is 5.25. The summed E-state index contributed by atoms with van der Waals surface area (Å²) in [6, 6.07) is 14.0. The minimum atomic E-state index is -0.721. The molecule has 0 radical (unpaired) electrons. The first-order valence-electron chi connectivity index (χ1n) is 9.18. The van der Waals surface area contributed by atoms with Crippen molar-refractivity contribution in [2.24, 2.45) is 0 Å². The van der Waals surface area contributed by atoms with Crippen LogP contribution in [0.15, 0.2) is 48.5 Å². The summed E-state index contributed by atoms with van der Waals surface area (Å²) in [5.41, 5.74) is 2.54. The van der Waals surface area contributed by atoms with Gasteiger partial charge in [-0.3, -0.25) is 14.9 Å². The molecule has 1 atom stereocenters. The first-order valence-corrected chi connectivity index (χ1v) is 10.0. The van der Waals surface area contributed by atoms with Gasteiger partial charge in [0.2, 0.25) is 11.0 Å². The molecule has 0 spiro atoms. The summed E-state index contributed by atoms with van der Waals surface area (Å²) >= 11 is 1.26. The Balaban J connectivity index is 1.59. The Morgan fingerprint density at radius 2 is 1.76 bits per heavy atom. The van der Waals surface area contributed by atoms with Crippen LogP contribution in [-0.2, 0) is 11.2 Å². The zero-order chi connectivity index (χ0) is 20.8. The molecule has 3 rings (SSSR count). The van der Waals surface area contributed by atoms with Crippen LogP contribution in [0.1, 0.15) is 29.8 Å². The van der Waals surface area contributed by atoms with Gasteiger partial charge in [-0.25, -0.2) is 0 Å². The molecule has 0 aliphatic carbocycles. The Morgan fingerprint density at radius 3 is 2.38 bits per heavy atom. The Labute approximate surface area is 173 Å².